The second kappa shape index (κ2) is 10.5. The highest BCUT2D eigenvalue weighted by molar-refractivity contribution is 5.84. The Labute approximate surface area is 231 Å². The van der Waals surface area contributed by atoms with E-state index in [-0.39, 0.29) is 41.6 Å². The third kappa shape index (κ3) is 5.44. The van der Waals surface area contributed by atoms with Crippen LogP contribution in [-0.4, -0.2) is 21.3 Å². The predicted octanol–water partition coefficient (Wildman–Crippen LogP) is 7.12. The molecule has 5 rings (SSSR count). The van der Waals surface area contributed by atoms with Crippen molar-refractivity contribution in [2.24, 2.45) is 0 Å². The van der Waals surface area contributed by atoms with Crippen LogP contribution in [0.15, 0.2) is 76.2 Å². The molecular formula is C30H24F5N3O3. The summed E-state index contributed by atoms with van der Waals surface area (Å²) in [4.78, 5) is 18.0. The van der Waals surface area contributed by atoms with E-state index in [1.807, 2.05) is 0 Å². The first kappa shape index (κ1) is 28.0. The number of nitrogens with zero attached hydrogens (tertiary/aromatic N) is 3. The van der Waals surface area contributed by atoms with Crippen LogP contribution in [0, 0.1) is 11.6 Å². The number of hydrogen-bond donors (Lipinski definition) is 0. The number of aromatic nitrogens is 3. The topological polar surface area (TPSA) is 70.2 Å². The van der Waals surface area contributed by atoms with Crippen molar-refractivity contribution >= 4 is 10.9 Å². The van der Waals surface area contributed by atoms with Gasteiger partial charge >= 0.3 is 6.18 Å². The van der Waals surface area contributed by atoms with E-state index >= 15 is 0 Å². The lowest BCUT2D eigenvalue weighted by Crippen LogP contribution is -2.19. The smallest absolute Gasteiger partial charge is 0.416 e. The lowest BCUT2D eigenvalue weighted by molar-refractivity contribution is -0.137. The van der Waals surface area contributed by atoms with Crippen LogP contribution >= 0.6 is 0 Å². The zero-order valence-corrected chi connectivity index (χ0v) is 22.2. The standard InChI is InChI=1S/C30H24F5N3O3/c1-4-40-25-14-24-21(13-23(25)32)26(39)22(16-38(24)15-17-5-7-19(8-6-17)30(33,34)35)27-36-28(41-37-27)29(2,3)18-9-11-20(31)12-10-18/h5-14,16H,4,15H2,1-3H3. The van der Waals surface area contributed by atoms with E-state index in [9.17, 15) is 26.7 Å². The van der Waals surface area contributed by atoms with Gasteiger partial charge in [-0.1, -0.05) is 29.4 Å². The highest BCUT2D eigenvalue weighted by Crippen LogP contribution is 2.33. The van der Waals surface area contributed by atoms with Crippen molar-refractivity contribution in [3.8, 4) is 17.1 Å². The Kier molecular flexibility index (Phi) is 7.14. The number of rotatable bonds is 7. The van der Waals surface area contributed by atoms with Crippen LogP contribution in [0.25, 0.3) is 22.3 Å². The van der Waals surface area contributed by atoms with Crippen LogP contribution in [0.1, 0.15) is 43.4 Å². The fourth-order valence-electron chi connectivity index (χ4n) is 4.52. The molecule has 41 heavy (non-hydrogen) atoms. The van der Waals surface area contributed by atoms with Crippen LogP contribution < -0.4 is 10.2 Å². The molecule has 0 fully saturated rings. The number of fused-ring (bicyclic) bond motifs is 1. The van der Waals surface area contributed by atoms with Gasteiger partial charge in [0.2, 0.25) is 17.1 Å². The van der Waals surface area contributed by atoms with Gasteiger partial charge in [-0.3, -0.25) is 4.79 Å². The Morgan fingerprint density at radius 2 is 1.61 bits per heavy atom. The molecule has 6 nitrogen and oxygen atoms in total. The Hall–Kier alpha value is -4.54. The van der Waals surface area contributed by atoms with Gasteiger partial charge in [-0.2, -0.15) is 18.2 Å². The summed E-state index contributed by atoms with van der Waals surface area (Å²) in [5.74, 6) is -1.12. The molecule has 2 heterocycles. The normalized spacial score (nSPS) is 12.2. The Bertz CT molecular complexity index is 1770. The summed E-state index contributed by atoms with van der Waals surface area (Å²) in [6.45, 7) is 5.50. The van der Waals surface area contributed by atoms with E-state index in [4.69, 9.17) is 9.26 Å². The van der Waals surface area contributed by atoms with Gasteiger partial charge in [0.15, 0.2) is 11.6 Å². The van der Waals surface area contributed by atoms with Gasteiger partial charge < -0.3 is 13.8 Å². The minimum Gasteiger partial charge on any atom is -0.491 e. The minimum absolute atomic E-state index is 0.000454. The second-order valence-corrected chi connectivity index (χ2v) is 9.98. The molecule has 0 N–H and O–H groups in total. The molecule has 3 aromatic carbocycles. The van der Waals surface area contributed by atoms with Crippen LogP contribution in [0.5, 0.6) is 5.75 Å². The Balaban J connectivity index is 1.63. The second-order valence-electron chi connectivity index (χ2n) is 9.98. The van der Waals surface area contributed by atoms with Crippen molar-refractivity contribution < 1.29 is 31.2 Å². The molecule has 0 aliphatic rings. The maximum atomic E-state index is 14.9. The molecule has 212 valence electrons. The van der Waals surface area contributed by atoms with Gasteiger partial charge in [-0.05, 0) is 62.2 Å². The molecule has 0 aliphatic carbocycles. The summed E-state index contributed by atoms with van der Waals surface area (Å²) in [5, 5.41) is 4.00. The van der Waals surface area contributed by atoms with Crippen molar-refractivity contribution in [1.82, 2.24) is 14.7 Å². The lowest BCUT2D eigenvalue weighted by Gasteiger charge is -2.20. The number of halogens is 5. The van der Waals surface area contributed by atoms with Crippen molar-refractivity contribution in [1.29, 1.82) is 0 Å². The quantitative estimate of drug-likeness (QED) is 0.195. The average molecular weight is 570 g/mol. The molecule has 0 radical (unpaired) electrons. The summed E-state index contributed by atoms with van der Waals surface area (Å²) in [7, 11) is 0. The maximum absolute atomic E-state index is 14.9. The van der Waals surface area contributed by atoms with Gasteiger partial charge in [0.25, 0.3) is 0 Å². The average Bonchev–Trinajstić information content (AvgIpc) is 3.42. The van der Waals surface area contributed by atoms with Gasteiger partial charge in [-0.15, -0.1) is 0 Å². The first-order valence-electron chi connectivity index (χ1n) is 12.6. The highest BCUT2D eigenvalue weighted by Gasteiger charge is 2.31. The fraction of sp³-hybridized carbons (Fsp3) is 0.233. The molecule has 0 spiro atoms. The van der Waals surface area contributed by atoms with Crippen molar-refractivity contribution in [2.45, 2.75) is 38.9 Å². The van der Waals surface area contributed by atoms with Crippen LogP contribution in [0.2, 0.25) is 0 Å². The first-order valence-corrected chi connectivity index (χ1v) is 12.6. The monoisotopic (exact) mass is 569 g/mol. The van der Waals surface area contributed by atoms with Crippen molar-refractivity contribution in [3.05, 3.63) is 111 Å². The maximum Gasteiger partial charge on any atom is 0.416 e. The fourth-order valence-corrected chi connectivity index (χ4v) is 4.52. The van der Waals surface area contributed by atoms with E-state index < -0.39 is 34.2 Å². The summed E-state index contributed by atoms with van der Waals surface area (Å²) < 4.78 is 80.0. The lowest BCUT2D eigenvalue weighted by atomic mass is 9.84. The molecule has 0 atom stereocenters. The van der Waals surface area contributed by atoms with Crippen LogP contribution in [-0.2, 0) is 18.1 Å². The summed E-state index contributed by atoms with van der Waals surface area (Å²) >= 11 is 0. The highest BCUT2D eigenvalue weighted by atomic mass is 19.4. The van der Waals surface area contributed by atoms with E-state index in [2.05, 4.69) is 10.1 Å². The number of benzene rings is 3. The van der Waals surface area contributed by atoms with E-state index in [1.165, 1.54) is 36.5 Å². The Morgan fingerprint density at radius 3 is 2.24 bits per heavy atom. The molecule has 0 saturated carbocycles. The SMILES string of the molecule is CCOc1cc2c(cc1F)c(=O)c(-c1noc(C(C)(C)c3ccc(F)cc3)n1)cn2Cc1ccc(C(F)(F)F)cc1. The number of pyridine rings is 1. The molecule has 0 amide bonds. The predicted molar refractivity (Wildman–Crippen MR) is 142 cm³/mol. The summed E-state index contributed by atoms with van der Waals surface area (Å²) in [5.41, 5.74) is -0.710. The molecule has 0 saturated heterocycles. The number of alkyl halides is 3. The van der Waals surface area contributed by atoms with Crippen LogP contribution in [0.4, 0.5) is 22.0 Å². The summed E-state index contributed by atoms with van der Waals surface area (Å²) in [6.07, 6.45) is -3.03. The molecule has 11 heteroatoms. The minimum atomic E-state index is -4.49. The third-order valence-electron chi connectivity index (χ3n) is 6.84. The van der Waals surface area contributed by atoms with Crippen molar-refractivity contribution in [2.75, 3.05) is 6.61 Å². The zero-order valence-electron chi connectivity index (χ0n) is 22.2. The number of hydrogen-bond acceptors (Lipinski definition) is 5. The molecule has 0 unspecified atom stereocenters. The molecule has 5 aromatic rings. The van der Waals surface area contributed by atoms with Gasteiger partial charge in [0, 0.05) is 24.2 Å². The molecule has 2 aromatic heterocycles. The largest absolute Gasteiger partial charge is 0.491 e. The Morgan fingerprint density at radius 1 is 0.951 bits per heavy atom. The molecular weight excluding hydrogens is 545 g/mol. The summed E-state index contributed by atoms with van der Waals surface area (Å²) in [6, 6.07) is 12.8. The van der Waals surface area contributed by atoms with E-state index in [0.29, 0.717) is 16.6 Å². The zero-order chi connectivity index (χ0) is 29.5. The number of ether oxygens (including phenoxy) is 1. The van der Waals surface area contributed by atoms with Crippen molar-refractivity contribution in [3.63, 3.8) is 0 Å². The first-order chi connectivity index (χ1) is 19.4. The van der Waals surface area contributed by atoms with Crippen LogP contribution in [0.3, 0.4) is 0 Å². The van der Waals surface area contributed by atoms with Gasteiger partial charge in [0.1, 0.15) is 5.82 Å². The van der Waals surface area contributed by atoms with Gasteiger partial charge in [0.05, 0.1) is 28.7 Å². The van der Waals surface area contributed by atoms with Gasteiger partial charge in [-0.25, -0.2) is 8.78 Å². The molecule has 0 bridgehead atoms. The third-order valence-corrected chi connectivity index (χ3v) is 6.84. The van der Waals surface area contributed by atoms with E-state index in [0.717, 1.165) is 18.2 Å². The molecule has 0 aliphatic heterocycles. The van der Waals surface area contributed by atoms with E-state index in [1.54, 1.807) is 37.5 Å².